The van der Waals surface area contributed by atoms with E-state index in [1.165, 1.54) is 10.9 Å². The Morgan fingerprint density at radius 1 is 1.33 bits per heavy atom. The summed E-state index contributed by atoms with van der Waals surface area (Å²) in [5, 5.41) is 3.99. The fraction of sp³-hybridized carbons (Fsp3) is 0.188. The van der Waals surface area contributed by atoms with Crippen LogP contribution in [0.4, 0.5) is 15.8 Å². The van der Waals surface area contributed by atoms with Gasteiger partial charge in [0.25, 0.3) is 0 Å². The summed E-state index contributed by atoms with van der Waals surface area (Å²) >= 11 is 1.70. The predicted octanol–water partition coefficient (Wildman–Crippen LogP) is 4.50. The largest absolute Gasteiger partial charge is 0.398 e. The van der Waals surface area contributed by atoms with Gasteiger partial charge < -0.3 is 11.1 Å². The highest BCUT2D eigenvalue weighted by molar-refractivity contribution is 7.12. The molecule has 3 aromatic rings. The lowest BCUT2D eigenvalue weighted by Crippen LogP contribution is -2.08. The number of halogens is 1. The quantitative estimate of drug-likeness (QED) is 0.700. The van der Waals surface area contributed by atoms with Crippen molar-refractivity contribution in [2.75, 3.05) is 11.1 Å². The van der Waals surface area contributed by atoms with Crippen LogP contribution in [-0.4, -0.2) is 4.98 Å². The van der Waals surface area contributed by atoms with Crippen LogP contribution in [0.3, 0.4) is 0 Å². The lowest BCUT2D eigenvalue weighted by atomic mass is 10.1. The highest BCUT2D eigenvalue weighted by atomic mass is 32.1. The summed E-state index contributed by atoms with van der Waals surface area (Å²) in [6.07, 6.45) is 1.65. The van der Waals surface area contributed by atoms with Gasteiger partial charge in [0, 0.05) is 27.0 Å². The molecule has 3 nitrogen and oxygen atoms in total. The zero-order chi connectivity index (χ0) is 15.0. The van der Waals surface area contributed by atoms with E-state index in [-0.39, 0.29) is 11.9 Å². The average molecular weight is 301 g/mol. The molecular formula is C16H16FN3S. The summed E-state index contributed by atoms with van der Waals surface area (Å²) in [5.41, 5.74) is 7.24. The van der Waals surface area contributed by atoms with Gasteiger partial charge in [-0.05, 0) is 44.2 Å². The van der Waals surface area contributed by atoms with Crippen molar-refractivity contribution in [3.8, 4) is 0 Å². The summed E-state index contributed by atoms with van der Waals surface area (Å²) in [5.74, 6) is -0.376. The molecule has 1 unspecified atom stereocenters. The third-order valence-electron chi connectivity index (χ3n) is 3.43. The van der Waals surface area contributed by atoms with Crippen molar-refractivity contribution >= 4 is 33.6 Å². The first-order chi connectivity index (χ1) is 10.1. The molecule has 21 heavy (non-hydrogen) atoms. The van der Waals surface area contributed by atoms with E-state index in [0.717, 1.165) is 10.3 Å². The van der Waals surface area contributed by atoms with E-state index in [4.69, 9.17) is 5.73 Å². The minimum absolute atomic E-state index is 0.00651. The Hall–Kier alpha value is -2.14. The molecule has 3 N–H and O–H groups in total. The topological polar surface area (TPSA) is 50.9 Å². The number of thiophene rings is 1. The number of anilines is 2. The molecule has 0 aliphatic rings. The number of rotatable bonds is 3. The molecule has 1 atom stereocenters. The van der Waals surface area contributed by atoms with Crippen LogP contribution in [0, 0.1) is 12.7 Å². The minimum atomic E-state index is -0.376. The third kappa shape index (κ3) is 2.56. The number of fused-ring (bicyclic) bond motifs is 1. The SMILES string of the molecule is Cc1ccc(C(C)Nc2c(F)cc(N)c3cccnc23)s1. The smallest absolute Gasteiger partial charge is 0.150 e. The van der Waals surface area contributed by atoms with Crippen molar-refractivity contribution in [1.82, 2.24) is 4.98 Å². The lowest BCUT2D eigenvalue weighted by Gasteiger charge is -2.16. The molecule has 108 valence electrons. The highest BCUT2D eigenvalue weighted by Crippen LogP contribution is 2.33. The summed E-state index contributed by atoms with van der Waals surface area (Å²) in [6, 6.07) is 9.12. The molecule has 1 aromatic carbocycles. The first kappa shape index (κ1) is 13.8. The van der Waals surface area contributed by atoms with Crippen molar-refractivity contribution in [2.24, 2.45) is 0 Å². The maximum atomic E-state index is 14.3. The van der Waals surface area contributed by atoms with Gasteiger partial charge in [-0.15, -0.1) is 11.3 Å². The first-order valence-corrected chi connectivity index (χ1v) is 7.53. The van der Waals surface area contributed by atoms with Crippen molar-refractivity contribution in [2.45, 2.75) is 19.9 Å². The van der Waals surface area contributed by atoms with E-state index in [0.29, 0.717) is 16.9 Å². The van der Waals surface area contributed by atoms with Gasteiger partial charge >= 0.3 is 0 Å². The standard InChI is InChI=1S/C16H16FN3S/c1-9-5-6-14(21-9)10(2)20-16-12(17)8-13(18)11-4-3-7-19-15(11)16/h3-8,10,20H,18H2,1-2H3. The maximum Gasteiger partial charge on any atom is 0.150 e. The summed E-state index contributed by atoms with van der Waals surface area (Å²) in [4.78, 5) is 6.67. The molecule has 0 amide bonds. The number of nitrogens with two attached hydrogens (primary N) is 1. The molecule has 0 saturated carbocycles. The van der Waals surface area contributed by atoms with Crippen LogP contribution in [0.5, 0.6) is 0 Å². The summed E-state index contributed by atoms with van der Waals surface area (Å²) < 4.78 is 14.3. The number of pyridine rings is 1. The first-order valence-electron chi connectivity index (χ1n) is 6.72. The van der Waals surface area contributed by atoms with Gasteiger partial charge in [0.1, 0.15) is 0 Å². The summed E-state index contributed by atoms with van der Waals surface area (Å²) in [6.45, 7) is 4.07. The minimum Gasteiger partial charge on any atom is -0.398 e. The van der Waals surface area contributed by atoms with E-state index in [1.54, 1.807) is 23.6 Å². The van der Waals surface area contributed by atoms with E-state index in [9.17, 15) is 4.39 Å². The molecule has 0 aliphatic heterocycles. The second-order valence-electron chi connectivity index (χ2n) is 5.04. The number of nitrogen functional groups attached to an aromatic ring is 1. The predicted molar refractivity (Wildman–Crippen MR) is 87.2 cm³/mol. The van der Waals surface area contributed by atoms with E-state index in [2.05, 4.69) is 29.4 Å². The van der Waals surface area contributed by atoms with Gasteiger partial charge in [-0.1, -0.05) is 0 Å². The van der Waals surface area contributed by atoms with Gasteiger partial charge in [0.2, 0.25) is 0 Å². The van der Waals surface area contributed by atoms with Crippen molar-refractivity contribution < 1.29 is 4.39 Å². The fourth-order valence-corrected chi connectivity index (χ4v) is 3.23. The zero-order valence-electron chi connectivity index (χ0n) is 11.9. The molecule has 0 bridgehead atoms. The number of aromatic nitrogens is 1. The van der Waals surface area contributed by atoms with E-state index >= 15 is 0 Å². The third-order valence-corrected chi connectivity index (χ3v) is 4.61. The van der Waals surface area contributed by atoms with Gasteiger partial charge in [-0.2, -0.15) is 0 Å². The van der Waals surface area contributed by atoms with Gasteiger partial charge in [-0.25, -0.2) is 4.39 Å². The Labute approximate surface area is 126 Å². The zero-order valence-corrected chi connectivity index (χ0v) is 12.7. The molecule has 0 radical (unpaired) electrons. The number of hydrogen-bond acceptors (Lipinski definition) is 4. The van der Waals surface area contributed by atoms with Crippen LogP contribution >= 0.6 is 11.3 Å². The number of nitrogens with zero attached hydrogens (tertiary/aromatic N) is 1. The second kappa shape index (κ2) is 5.33. The average Bonchev–Trinajstić information content (AvgIpc) is 2.90. The van der Waals surface area contributed by atoms with Crippen LogP contribution < -0.4 is 11.1 Å². The van der Waals surface area contributed by atoms with Crippen LogP contribution in [0.1, 0.15) is 22.7 Å². The normalized spacial score (nSPS) is 12.5. The molecule has 3 rings (SSSR count). The Bertz CT molecular complexity index is 797. The molecule has 0 saturated heterocycles. The van der Waals surface area contributed by atoms with E-state index in [1.807, 2.05) is 13.0 Å². The van der Waals surface area contributed by atoms with Crippen molar-refractivity contribution in [3.05, 3.63) is 52.1 Å². The van der Waals surface area contributed by atoms with Crippen molar-refractivity contribution in [1.29, 1.82) is 0 Å². The number of nitrogens with one attached hydrogen (secondary N) is 1. The fourth-order valence-electron chi connectivity index (χ4n) is 2.35. The Morgan fingerprint density at radius 2 is 2.14 bits per heavy atom. The molecule has 2 aromatic heterocycles. The van der Waals surface area contributed by atoms with Crippen LogP contribution in [-0.2, 0) is 0 Å². The molecule has 2 heterocycles. The molecule has 0 aliphatic carbocycles. The monoisotopic (exact) mass is 301 g/mol. The van der Waals surface area contributed by atoms with Crippen LogP contribution in [0.15, 0.2) is 36.5 Å². The van der Waals surface area contributed by atoms with E-state index < -0.39 is 0 Å². The molecule has 0 fully saturated rings. The van der Waals surface area contributed by atoms with Crippen molar-refractivity contribution in [3.63, 3.8) is 0 Å². The maximum absolute atomic E-state index is 14.3. The van der Waals surface area contributed by atoms with Crippen LogP contribution in [0.25, 0.3) is 10.9 Å². The van der Waals surface area contributed by atoms with Gasteiger partial charge in [0.05, 0.1) is 17.2 Å². The summed E-state index contributed by atoms with van der Waals surface area (Å²) in [7, 11) is 0. The molecule has 5 heteroatoms. The highest BCUT2D eigenvalue weighted by Gasteiger charge is 2.15. The number of aryl methyl sites for hydroxylation is 1. The second-order valence-corrected chi connectivity index (χ2v) is 6.36. The number of hydrogen-bond donors (Lipinski definition) is 2. The Balaban J connectivity index is 2.04. The lowest BCUT2D eigenvalue weighted by molar-refractivity contribution is 0.630. The molecular weight excluding hydrogens is 285 g/mol. The Kier molecular flexibility index (Phi) is 3.51. The molecule has 0 spiro atoms. The van der Waals surface area contributed by atoms with Gasteiger partial charge in [0.15, 0.2) is 5.82 Å². The number of benzene rings is 1. The Morgan fingerprint density at radius 3 is 2.86 bits per heavy atom. The van der Waals surface area contributed by atoms with Gasteiger partial charge in [-0.3, -0.25) is 4.98 Å². The van der Waals surface area contributed by atoms with Crippen LogP contribution in [0.2, 0.25) is 0 Å².